The van der Waals surface area contributed by atoms with Gasteiger partial charge in [0.2, 0.25) is 0 Å². The molecule has 0 aliphatic carbocycles. The molecule has 0 heterocycles. The molecular weight excluding hydrogens is 204 g/mol. The fourth-order valence-corrected chi connectivity index (χ4v) is 1.19. The summed E-state index contributed by atoms with van der Waals surface area (Å²) >= 11 is 5.72. The van der Waals surface area contributed by atoms with Crippen molar-refractivity contribution >= 4 is 17.6 Å². The van der Waals surface area contributed by atoms with Gasteiger partial charge in [0, 0.05) is 5.02 Å². The molecule has 1 aromatic carbocycles. The highest BCUT2D eigenvalue weighted by Crippen LogP contribution is 2.19. The second-order valence-corrected chi connectivity index (χ2v) is 3.25. The quantitative estimate of drug-likeness (QED) is 0.838. The Labute approximate surface area is 87.3 Å². The average Bonchev–Trinajstić information content (AvgIpc) is 2.14. The van der Waals surface area contributed by atoms with Crippen LogP contribution >= 0.6 is 11.6 Å². The molecule has 1 atom stereocenters. The molecule has 76 valence electrons. The Morgan fingerprint density at radius 2 is 2.36 bits per heavy atom. The first-order valence-electron chi connectivity index (χ1n) is 4.28. The molecule has 0 aromatic heterocycles. The van der Waals surface area contributed by atoms with Crippen LogP contribution in [0.1, 0.15) is 13.3 Å². The third kappa shape index (κ3) is 2.92. The van der Waals surface area contributed by atoms with Crippen molar-refractivity contribution in [3.05, 3.63) is 29.3 Å². The van der Waals surface area contributed by atoms with Gasteiger partial charge in [0.25, 0.3) is 0 Å². The molecule has 3 nitrogen and oxygen atoms in total. The van der Waals surface area contributed by atoms with Gasteiger partial charge in [0.05, 0.1) is 0 Å². The van der Waals surface area contributed by atoms with Crippen molar-refractivity contribution in [3.63, 3.8) is 0 Å². The number of carboxylic acid groups (broad SMARTS) is 1. The summed E-state index contributed by atoms with van der Waals surface area (Å²) in [5, 5.41) is 9.28. The summed E-state index contributed by atoms with van der Waals surface area (Å²) in [6, 6.07) is 6.69. The number of halogens is 1. The topological polar surface area (TPSA) is 46.5 Å². The van der Waals surface area contributed by atoms with E-state index in [2.05, 4.69) is 0 Å². The predicted octanol–water partition coefficient (Wildman–Crippen LogP) is 2.58. The van der Waals surface area contributed by atoms with Gasteiger partial charge in [0.1, 0.15) is 5.75 Å². The van der Waals surface area contributed by atoms with Crippen LogP contribution in [0.5, 0.6) is 5.75 Å². The van der Waals surface area contributed by atoms with E-state index in [9.17, 15) is 4.79 Å². The lowest BCUT2D eigenvalue weighted by Gasteiger charge is -2.12. The third-order valence-electron chi connectivity index (χ3n) is 1.72. The normalized spacial score (nSPS) is 12.1. The van der Waals surface area contributed by atoms with Crippen molar-refractivity contribution < 1.29 is 14.6 Å². The van der Waals surface area contributed by atoms with Crippen LogP contribution in [0.3, 0.4) is 0 Å². The summed E-state index contributed by atoms with van der Waals surface area (Å²) < 4.78 is 5.22. The maximum atomic E-state index is 10.7. The minimum Gasteiger partial charge on any atom is -0.479 e. The van der Waals surface area contributed by atoms with Crippen molar-refractivity contribution in [3.8, 4) is 5.75 Å². The average molecular weight is 215 g/mol. The lowest BCUT2D eigenvalue weighted by atomic mass is 10.3. The van der Waals surface area contributed by atoms with Gasteiger partial charge in [-0.25, -0.2) is 4.79 Å². The molecule has 0 fully saturated rings. The van der Waals surface area contributed by atoms with E-state index in [-0.39, 0.29) is 0 Å². The molecule has 1 rings (SSSR count). The molecule has 0 bridgehead atoms. The number of benzene rings is 1. The zero-order valence-electron chi connectivity index (χ0n) is 7.74. The second kappa shape index (κ2) is 4.86. The molecule has 0 amide bonds. The maximum Gasteiger partial charge on any atom is 0.344 e. The number of ether oxygens (including phenoxy) is 1. The second-order valence-electron chi connectivity index (χ2n) is 2.81. The first kappa shape index (κ1) is 10.9. The Morgan fingerprint density at radius 3 is 2.86 bits per heavy atom. The monoisotopic (exact) mass is 214 g/mol. The van der Waals surface area contributed by atoms with Crippen molar-refractivity contribution in [2.45, 2.75) is 19.4 Å². The largest absolute Gasteiger partial charge is 0.479 e. The number of hydrogen-bond acceptors (Lipinski definition) is 2. The van der Waals surface area contributed by atoms with Gasteiger partial charge >= 0.3 is 5.97 Å². The van der Waals surface area contributed by atoms with Gasteiger partial charge < -0.3 is 9.84 Å². The van der Waals surface area contributed by atoms with Crippen LogP contribution in [0.25, 0.3) is 0 Å². The van der Waals surface area contributed by atoms with Gasteiger partial charge in [-0.2, -0.15) is 0 Å². The molecule has 4 heteroatoms. The standard InChI is InChI=1S/C10H11ClO3/c1-2-9(10(12)13)14-8-5-3-4-7(11)6-8/h3-6,9H,2H2,1H3,(H,12,13)/t9-/m1/s1. The number of aliphatic carboxylic acids is 1. The summed E-state index contributed by atoms with van der Waals surface area (Å²) in [5.41, 5.74) is 0. The number of hydrogen-bond donors (Lipinski definition) is 1. The maximum absolute atomic E-state index is 10.7. The lowest BCUT2D eigenvalue weighted by molar-refractivity contribution is -0.145. The van der Waals surface area contributed by atoms with Crippen molar-refractivity contribution in [2.75, 3.05) is 0 Å². The van der Waals surface area contributed by atoms with Crippen LogP contribution in [-0.2, 0) is 4.79 Å². The first-order valence-corrected chi connectivity index (χ1v) is 4.66. The van der Waals surface area contributed by atoms with Crippen LogP contribution in [0.2, 0.25) is 5.02 Å². The number of rotatable bonds is 4. The molecule has 0 saturated carbocycles. The van der Waals surface area contributed by atoms with E-state index in [0.29, 0.717) is 17.2 Å². The fourth-order valence-electron chi connectivity index (χ4n) is 1.01. The van der Waals surface area contributed by atoms with Crippen molar-refractivity contribution in [2.24, 2.45) is 0 Å². The van der Waals surface area contributed by atoms with E-state index in [1.54, 1.807) is 31.2 Å². The van der Waals surface area contributed by atoms with E-state index in [1.807, 2.05) is 0 Å². The van der Waals surface area contributed by atoms with E-state index in [4.69, 9.17) is 21.4 Å². The molecule has 0 radical (unpaired) electrons. The van der Waals surface area contributed by atoms with Crippen LogP contribution < -0.4 is 4.74 Å². The van der Waals surface area contributed by atoms with Crippen LogP contribution in [0.15, 0.2) is 24.3 Å². The van der Waals surface area contributed by atoms with Crippen LogP contribution in [-0.4, -0.2) is 17.2 Å². The van der Waals surface area contributed by atoms with Gasteiger partial charge in [-0.1, -0.05) is 24.6 Å². The summed E-state index contributed by atoms with van der Waals surface area (Å²) in [6.07, 6.45) is -0.393. The zero-order valence-corrected chi connectivity index (χ0v) is 8.49. The van der Waals surface area contributed by atoms with Crippen LogP contribution in [0.4, 0.5) is 0 Å². The highest BCUT2D eigenvalue weighted by molar-refractivity contribution is 6.30. The van der Waals surface area contributed by atoms with Gasteiger partial charge in [-0.3, -0.25) is 0 Å². The smallest absolute Gasteiger partial charge is 0.344 e. The van der Waals surface area contributed by atoms with E-state index in [0.717, 1.165) is 0 Å². The summed E-state index contributed by atoms with van der Waals surface area (Å²) in [5.74, 6) is -0.487. The minimum atomic E-state index is -0.965. The van der Waals surface area contributed by atoms with E-state index < -0.39 is 12.1 Å². The Morgan fingerprint density at radius 1 is 1.64 bits per heavy atom. The molecule has 0 aliphatic heterocycles. The SMILES string of the molecule is CC[C@@H](Oc1cccc(Cl)c1)C(=O)O. The predicted molar refractivity (Wildman–Crippen MR) is 53.8 cm³/mol. The Hall–Kier alpha value is -1.22. The third-order valence-corrected chi connectivity index (χ3v) is 1.96. The van der Waals surface area contributed by atoms with E-state index in [1.165, 1.54) is 0 Å². The van der Waals surface area contributed by atoms with Crippen LogP contribution in [0, 0.1) is 0 Å². The number of carbonyl (C=O) groups is 1. The summed E-state index contributed by atoms with van der Waals surface area (Å²) in [7, 11) is 0. The first-order chi connectivity index (χ1) is 6.63. The molecule has 0 spiro atoms. The molecule has 0 aliphatic rings. The molecule has 1 aromatic rings. The van der Waals surface area contributed by atoms with Crippen molar-refractivity contribution in [1.82, 2.24) is 0 Å². The Balaban J connectivity index is 2.72. The van der Waals surface area contributed by atoms with Gasteiger partial charge in [-0.05, 0) is 24.6 Å². The zero-order chi connectivity index (χ0) is 10.6. The van der Waals surface area contributed by atoms with Gasteiger partial charge in [0.15, 0.2) is 6.10 Å². The molecule has 1 N–H and O–H groups in total. The van der Waals surface area contributed by atoms with Crippen molar-refractivity contribution in [1.29, 1.82) is 0 Å². The highest BCUT2D eigenvalue weighted by atomic mass is 35.5. The fraction of sp³-hybridized carbons (Fsp3) is 0.300. The van der Waals surface area contributed by atoms with Gasteiger partial charge in [-0.15, -0.1) is 0 Å². The molecular formula is C10H11ClO3. The van der Waals surface area contributed by atoms with E-state index >= 15 is 0 Å². The molecule has 0 unspecified atom stereocenters. The minimum absolute atomic E-state index is 0.418. The molecule has 14 heavy (non-hydrogen) atoms. The highest BCUT2D eigenvalue weighted by Gasteiger charge is 2.16. The Kier molecular flexibility index (Phi) is 3.77. The summed E-state index contributed by atoms with van der Waals surface area (Å²) in [4.78, 5) is 10.7. The lowest BCUT2D eigenvalue weighted by Crippen LogP contribution is -2.25. The Bertz CT molecular complexity index is 325. The molecule has 0 saturated heterocycles. The number of carboxylic acids is 1. The summed E-state index contributed by atoms with van der Waals surface area (Å²) in [6.45, 7) is 1.75.